The molecule has 1 aliphatic heterocycles. The Kier molecular flexibility index (Phi) is 3.96. The Morgan fingerprint density at radius 3 is 2.82 bits per heavy atom. The van der Waals surface area contributed by atoms with Gasteiger partial charge in [-0.3, -0.25) is 4.79 Å². The van der Waals surface area contributed by atoms with Crippen LogP contribution in [0.4, 0.5) is 4.39 Å². The van der Waals surface area contributed by atoms with Crippen LogP contribution in [-0.2, 0) is 11.3 Å². The normalized spacial score (nSPS) is 14.6. The van der Waals surface area contributed by atoms with Crippen LogP contribution in [0.3, 0.4) is 0 Å². The van der Waals surface area contributed by atoms with E-state index in [1.807, 2.05) is 37.3 Å². The fourth-order valence-electron chi connectivity index (χ4n) is 2.52. The zero-order valence-electron chi connectivity index (χ0n) is 12.0. The van der Waals surface area contributed by atoms with Crippen molar-refractivity contribution in [3.8, 4) is 0 Å². The third-order valence-electron chi connectivity index (χ3n) is 3.78. The zero-order chi connectivity index (χ0) is 15.7. The highest BCUT2D eigenvalue weighted by Crippen LogP contribution is 2.17. The van der Waals surface area contributed by atoms with Gasteiger partial charge in [0.05, 0.1) is 18.2 Å². The average molecular weight is 299 g/mol. The fourth-order valence-corrected chi connectivity index (χ4v) is 2.52. The van der Waals surface area contributed by atoms with Crippen LogP contribution in [0.2, 0.25) is 0 Å². The van der Waals surface area contributed by atoms with E-state index < -0.39 is 18.8 Å². The van der Waals surface area contributed by atoms with Crippen LogP contribution in [0.1, 0.15) is 34.5 Å². The maximum atomic E-state index is 14.1. The minimum absolute atomic E-state index is 0.0916. The van der Waals surface area contributed by atoms with E-state index in [2.05, 4.69) is 5.32 Å². The van der Waals surface area contributed by atoms with Gasteiger partial charge in [-0.25, -0.2) is 4.39 Å². The van der Waals surface area contributed by atoms with Gasteiger partial charge in [-0.1, -0.05) is 30.3 Å². The van der Waals surface area contributed by atoms with Gasteiger partial charge in [-0.05, 0) is 35.6 Å². The molecule has 1 unspecified atom stereocenters. The minimum Gasteiger partial charge on any atom is -0.423 e. The number of halogens is 1. The maximum absolute atomic E-state index is 14.1. The number of hydrogen-bond acceptors (Lipinski definition) is 3. The van der Waals surface area contributed by atoms with Gasteiger partial charge in [0.25, 0.3) is 5.91 Å². The molecule has 1 aliphatic rings. The predicted molar refractivity (Wildman–Crippen MR) is 81.1 cm³/mol. The Balaban J connectivity index is 1.82. The number of amides is 1. The summed E-state index contributed by atoms with van der Waals surface area (Å²) in [6.45, 7) is 1.98. The summed E-state index contributed by atoms with van der Waals surface area (Å²) in [5.74, 6) is -1.13. The summed E-state index contributed by atoms with van der Waals surface area (Å²) in [6.07, 6.45) is 0. The summed E-state index contributed by atoms with van der Waals surface area (Å²) in [5.41, 5.74) is 1.85. The van der Waals surface area contributed by atoms with Crippen molar-refractivity contribution in [2.24, 2.45) is 0 Å². The van der Waals surface area contributed by atoms with Crippen molar-refractivity contribution in [3.05, 3.63) is 65.0 Å². The molecule has 6 heteroatoms. The molecule has 1 amide bonds. The van der Waals surface area contributed by atoms with Crippen molar-refractivity contribution in [3.63, 3.8) is 0 Å². The van der Waals surface area contributed by atoms with Gasteiger partial charge >= 0.3 is 7.12 Å². The highest BCUT2D eigenvalue weighted by atomic mass is 19.1. The fraction of sp³-hybridized carbons (Fsp3) is 0.188. The number of benzene rings is 2. The lowest BCUT2D eigenvalue weighted by molar-refractivity contribution is 0.0936. The topological polar surface area (TPSA) is 58.6 Å². The highest BCUT2D eigenvalue weighted by molar-refractivity contribution is 6.61. The molecule has 3 rings (SSSR count). The summed E-state index contributed by atoms with van der Waals surface area (Å²) in [6, 6.07) is 11.8. The van der Waals surface area contributed by atoms with E-state index in [1.165, 1.54) is 12.1 Å². The lowest BCUT2D eigenvalue weighted by atomic mass is 9.78. The Morgan fingerprint density at radius 2 is 2.09 bits per heavy atom. The first-order valence-corrected chi connectivity index (χ1v) is 7.04. The summed E-state index contributed by atoms with van der Waals surface area (Å²) in [4.78, 5) is 12.3. The van der Waals surface area contributed by atoms with E-state index in [4.69, 9.17) is 4.65 Å². The van der Waals surface area contributed by atoms with Gasteiger partial charge in [0.15, 0.2) is 0 Å². The van der Waals surface area contributed by atoms with Crippen molar-refractivity contribution in [1.29, 1.82) is 0 Å². The molecule has 0 aliphatic carbocycles. The zero-order valence-corrected chi connectivity index (χ0v) is 12.0. The standard InChI is InChI=1S/C16H15BFNO3/c1-10(11-5-3-2-4-6-11)19-16(20)13-8-14-12(7-15(13)18)9-22-17(14)21/h2-8,10,21H,9H2,1H3,(H,19,20). The van der Waals surface area contributed by atoms with Crippen LogP contribution >= 0.6 is 0 Å². The number of fused-ring (bicyclic) bond motifs is 1. The third-order valence-corrected chi connectivity index (χ3v) is 3.78. The lowest BCUT2D eigenvalue weighted by Crippen LogP contribution is -2.32. The molecule has 1 atom stereocenters. The average Bonchev–Trinajstić information content (AvgIpc) is 2.87. The van der Waals surface area contributed by atoms with Crippen LogP contribution in [0.5, 0.6) is 0 Å². The van der Waals surface area contributed by atoms with Gasteiger partial charge in [-0.2, -0.15) is 0 Å². The molecular formula is C16H15BFNO3. The van der Waals surface area contributed by atoms with Crippen molar-refractivity contribution >= 4 is 18.5 Å². The highest BCUT2D eigenvalue weighted by Gasteiger charge is 2.30. The van der Waals surface area contributed by atoms with E-state index in [1.54, 1.807) is 0 Å². The van der Waals surface area contributed by atoms with Gasteiger partial charge < -0.3 is 15.0 Å². The summed E-state index contributed by atoms with van der Waals surface area (Å²) in [5, 5.41) is 12.4. The molecule has 112 valence electrons. The van der Waals surface area contributed by atoms with E-state index in [-0.39, 0.29) is 18.2 Å². The summed E-state index contributed by atoms with van der Waals surface area (Å²) in [7, 11) is -1.10. The molecule has 1 heterocycles. The van der Waals surface area contributed by atoms with Crippen molar-refractivity contribution < 1.29 is 18.9 Å². The van der Waals surface area contributed by atoms with Gasteiger partial charge in [0.1, 0.15) is 5.82 Å². The van der Waals surface area contributed by atoms with E-state index in [9.17, 15) is 14.2 Å². The Bertz CT molecular complexity index is 708. The molecule has 2 aromatic carbocycles. The molecular weight excluding hydrogens is 284 g/mol. The second-order valence-electron chi connectivity index (χ2n) is 5.30. The van der Waals surface area contributed by atoms with E-state index in [0.29, 0.717) is 11.0 Å². The molecule has 4 nitrogen and oxygen atoms in total. The molecule has 0 saturated heterocycles. The minimum atomic E-state index is -1.10. The lowest BCUT2D eigenvalue weighted by Gasteiger charge is -2.15. The number of rotatable bonds is 3. The number of nitrogens with one attached hydrogen (secondary N) is 1. The van der Waals surface area contributed by atoms with Gasteiger partial charge in [0.2, 0.25) is 0 Å². The van der Waals surface area contributed by atoms with Crippen LogP contribution in [-0.4, -0.2) is 18.0 Å². The van der Waals surface area contributed by atoms with Crippen molar-refractivity contribution in [2.75, 3.05) is 0 Å². The molecule has 0 fully saturated rings. The van der Waals surface area contributed by atoms with Gasteiger partial charge in [0, 0.05) is 0 Å². The third kappa shape index (κ3) is 2.75. The second kappa shape index (κ2) is 5.91. The summed E-state index contributed by atoms with van der Waals surface area (Å²) < 4.78 is 19.1. The summed E-state index contributed by atoms with van der Waals surface area (Å²) >= 11 is 0. The SMILES string of the molecule is CC(NC(=O)c1cc2c(cc1F)COB2O)c1ccccc1. The molecule has 22 heavy (non-hydrogen) atoms. The van der Waals surface area contributed by atoms with E-state index in [0.717, 1.165) is 5.56 Å². The number of hydrogen-bond donors (Lipinski definition) is 2. The quantitative estimate of drug-likeness (QED) is 0.845. The Labute approximate surface area is 128 Å². The molecule has 0 aromatic heterocycles. The molecule has 0 bridgehead atoms. The van der Waals surface area contributed by atoms with Crippen molar-refractivity contribution in [2.45, 2.75) is 19.6 Å². The van der Waals surface area contributed by atoms with Crippen molar-refractivity contribution in [1.82, 2.24) is 5.32 Å². The first-order chi connectivity index (χ1) is 10.6. The second-order valence-corrected chi connectivity index (χ2v) is 5.30. The molecule has 2 N–H and O–H groups in total. The molecule has 0 radical (unpaired) electrons. The molecule has 0 saturated carbocycles. The molecule has 0 spiro atoms. The monoisotopic (exact) mass is 299 g/mol. The first-order valence-electron chi connectivity index (χ1n) is 7.04. The molecule has 2 aromatic rings. The Morgan fingerprint density at radius 1 is 1.36 bits per heavy atom. The smallest absolute Gasteiger partial charge is 0.423 e. The van der Waals surface area contributed by atoms with Crippen LogP contribution < -0.4 is 10.8 Å². The first kappa shape index (κ1) is 14.7. The van der Waals surface area contributed by atoms with Crippen LogP contribution in [0.15, 0.2) is 42.5 Å². The number of carbonyl (C=O) groups excluding carboxylic acids is 1. The van der Waals surface area contributed by atoms with Gasteiger partial charge in [-0.15, -0.1) is 0 Å². The Hall–Kier alpha value is -2.18. The number of carbonyl (C=O) groups is 1. The van der Waals surface area contributed by atoms with E-state index >= 15 is 0 Å². The largest absolute Gasteiger partial charge is 0.491 e. The van der Waals surface area contributed by atoms with Crippen LogP contribution in [0.25, 0.3) is 0 Å². The maximum Gasteiger partial charge on any atom is 0.491 e. The van der Waals surface area contributed by atoms with Crippen LogP contribution in [0, 0.1) is 5.82 Å². The predicted octanol–water partition coefficient (Wildman–Crippen LogP) is 1.53.